The van der Waals surface area contributed by atoms with Crippen LogP contribution in [-0.4, -0.2) is 108 Å². The number of imidazole rings is 1. The minimum atomic E-state index is -0.608. The Morgan fingerprint density at radius 3 is 2.82 bits per heavy atom. The first-order chi connectivity index (χ1) is 26.8. The average molecular weight is 746 g/mol. The Hall–Kier alpha value is -6.00. The monoisotopic (exact) mass is 745 g/mol. The van der Waals surface area contributed by atoms with E-state index in [1.54, 1.807) is 28.0 Å². The normalized spacial score (nSPS) is 20.9. The van der Waals surface area contributed by atoms with Crippen molar-refractivity contribution in [2.45, 2.75) is 51.6 Å². The molecule has 55 heavy (non-hydrogen) atoms. The molecule has 0 radical (unpaired) electrons. The van der Waals surface area contributed by atoms with Crippen molar-refractivity contribution in [2.24, 2.45) is 0 Å². The first-order valence-electron chi connectivity index (χ1n) is 18.4. The Balaban J connectivity index is 1.16. The highest BCUT2D eigenvalue weighted by Gasteiger charge is 2.41. The van der Waals surface area contributed by atoms with Crippen molar-refractivity contribution in [3.63, 3.8) is 0 Å². The van der Waals surface area contributed by atoms with E-state index in [1.165, 1.54) is 12.1 Å². The third kappa shape index (κ3) is 6.50. The average Bonchev–Trinajstić information content (AvgIpc) is 3.88. The van der Waals surface area contributed by atoms with E-state index in [4.69, 9.17) is 44.2 Å². The molecule has 3 atom stereocenters. The van der Waals surface area contributed by atoms with E-state index in [2.05, 4.69) is 9.88 Å². The fourth-order valence-corrected chi connectivity index (χ4v) is 7.79. The zero-order valence-electron chi connectivity index (χ0n) is 30.7. The fraction of sp³-hybridized carbons (Fsp3) is 0.359. The van der Waals surface area contributed by atoms with Gasteiger partial charge < -0.3 is 33.9 Å². The molecule has 3 aliphatic heterocycles. The lowest BCUT2D eigenvalue weighted by atomic mass is 10.1. The summed E-state index contributed by atoms with van der Waals surface area (Å²) in [6, 6.07) is 11.2. The summed E-state index contributed by atoms with van der Waals surface area (Å²) < 4.78 is 36.4. The number of nitrogens with zero attached hydrogens (tertiary/aromatic N) is 10. The van der Waals surface area contributed by atoms with Gasteiger partial charge in [0.05, 0.1) is 47.6 Å². The standard InChI is InChI=1S/C39H40FN11O4/c1-4-54-26-20-48(3)39(52)31-17-25(44-33-9-7-8-28(45-33)35-36-29(12-13-41-35)43-23(2)49(36)21-26)19-50(31)37-27-18-42-51-30-11-10-24(40)16-32(30)55-15-6-5-14-53-22-34(46-37)47-38(27)51/h5-13,16,18,25-26,31H,4,14-15,17,19-22H2,1-3H3,(H,44,45)/b6-5-/t25-,26-,31-/m0/s1. The Morgan fingerprint density at radius 2 is 1.93 bits per heavy atom. The minimum Gasteiger partial charge on any atom is -0.487 e. The molecule has 0 saturated carbocycles. The molecule has 0 spiro atoms. The molecule has 1 saturated heterocycles. The lowest BCUT2D eigenvalue weighted by molar-refractivity contribution is -0.133. The number of pyridine rings is 2. The van der Waals surface area contributed by atoms with Crippen molar-refractivity contribution in [3.8, 4) is 22.8 Å². The summed E-state index contributed by atoms with van der Waals surface area (Å²) in [6.45, 7) is 6.26. The summed E-state index contributed by atoms with van der Waals surface area (Å²) in [5.74, 6) is 2.23. The van der Waals surface area contributed by atoms with Crippen LogP contribution in [0.15, 0.2) is 67.0 Å². The Labute approximate surface area is 315 Å². The number of aromatic nitrogens is 8. The van der Waals surface area contributed by atoms with Crippen molar-refractivity contribution in [3.05, 3.63) is 84.5 Å². The van der Waals surface area contributed by atoms with E-state index < -0.39 is 11.9 Å². The van der Waals surface area contributed by atoms with Gasteiger partial charge >= 0.3 is 0 Å². The van der Waals surface area contributed by atoms with E-state index in [1.807, 2.05) is 62.2 Å². The number of hydrogen-bond acceptors (Lipinski definition) is 12. The number of halogens is 1. The predicted molar refractivity (Wildman–Crippen MR) is 203 cm³/mol. The van der Waals surface area contributed by atoms with Gasteiger partial charge in [0.15, 0.2) is 11.5 Å². The summed E-state index contributed by atoms with van der Waals surface area (Å²) in [4.78, 5) is 43.1. The molecule has 6 aromatic rings. The van der Waals surface area contributed by atoms with Crippen LogP contribution in [0.3, 0.4) is 0 Å². The van der Waals surface area contributed by atoms with E-state index in [0.29, 0.717) is 84.9 Å². The Morgan fingerprint density at radius 1 is 1.04 bits per heavy atom. The second kappa shape index (κ2) is 14.3. The zero-order chi connectivity index (χ0) is 37.6. The molecule has 5 aromatic heterocycles. The SMILES string of the molecule is CCO[C@H]1CN(C)C(=O)[C@@H]2C[C@@H](CN2c2nc3nc4c2cnn4-c2ccc(F)cc2OC/C=C\COC3)Nc2cccc(n2)-c2nccc3nc(C)n(c23)C1. The van der Waals surface area contributed by atoms with Crippen LogP contribution in [0.5, 0.6) is 5.75 Å². The van der Waals surface area contributed by atoms with Gasteiger partial charge in [0.2, 0.25) is 5.91 Å². The maximum Gasteiger partial charge on any atom is 0.245 e. The van der Waals surface area contributed by atoms with Crippen LogP contribution < -0.4 is 15.0 Å². The van der Waals surface area contributed by atoms with E-state index in [-0.39, 0.29) is 31.3 Å². The quantitative estimate of drug-likeness (QED) is 0.255. The number of fused-ring (bicyclic) bond motifs is 8. The van der Waals surface area contributed by atoms with Gasteiger partial charge in [0, 0.05) is 45.0 Å². The number of benzene rings is 1. The zero-order valence-corrected chi connectivity index (χ0v) is 30.7. The van der Waals surface area contributed by atoms with Gasteiger partial charge in [-0.15, -0.1) is 0 Å². The Kier molecular flexibility index (Phi) is 9.06. The lowest BCUT2D eigenvalue weighted by Gasteiger charge is -2.31. The molecule has 6 bridgehead atoms. The van der Waals surface area contributed by atoms with Crippen LogP contribution in [0.2, 0.25) is 0 Å². The third-order valence-corrected chi connectivity index (χ3v) is 10.2. The van der Waals surface area contributed by atoms with Crippen molar-refractivity contribution < 1.29 is 23.4 Å². The van der Waals surface area contributed by atoms with Crippen molar-refractivity contribution >= 4 is 39.6 Å². The second-order valence-corrected chi connectivity index (χ2v) is 13.9. The molecule has 1 amide bonds. The number of nitrogens with one attached hydrogen (secondary N) is 1. The van der Waals surface area contributed by atoms with E-state index in [9.17, 15) is 9.18 Å². The predicted octanol–water partition coefficient (Wildman–Crippen LogP) is 4.47. The van der Waals surface area contributed by atoms with Gasteiger partial charge in [-0.25, -0.2) is 29.0 Å². The summed E-state index contributed by atoms with van der Waals surface area (Å²) in [6.07, 6.45) is 7.21. The summed E-state index contributed by atoms with van der Waals surface area (Å²) in [5, 5.41) is 8.96. The first-order valence-corrected chi connectivity index (χ1v) is 18.4. The molecule has 16 heteroatoms. The number of carbonyl (C=O) groups is 1. The molecule has 9 rings (SSSR count). The molecular weight excluding hydrogens is 705 g/mol. The van der Waals surface area contributed by atoms with Crippen molar-refractivity contribution in [1.29, 1.82) is 0 Å². The largest absolute Gasteiger partial charge is 0.487 e. The van der Waals surface area contributed by atoms with Crippen LogP contribution in [0.25, 0.3) is 39.1 Å². The number of likely N-dealkylation sites (N-methyl/N-ethyl adjacent to an activating group) is 1. The molecule has 1 N–H and O–H groups in total. The molecule has 1 fully saturated rings. The molecule has 8 heterocycles. The topological polar surface area (TPSA) is 150 Å². The molecule has 0 aliphatic carbocycles. The number of anilines is 2. The number of carbonyl (C=O) groups excluding carboxylic acids is 1. The molecule has 0 unspecified atom stereocenters. The van der Waals surface area contributed by atoms with Crippen LogP contribution in [0.1, 0.15) is 25.0 Å². The Bertz CT molecular complexity index is 2450. The smallest absolute Gasteiger partial charge is 0.245 e. The molecule has 282 valence electrons. The van der Waals surface area contributed by atoms with Gasteiger partial charge in [0.1, 0.15) is 59.7 Å². The number of amides is 1. The number of rotatable bonds is 3. The highest BCUT2D eigenvalue weighted by Crippen LogP contribution is 2.36. The van der Waals surface area contributed by atoms with Gasteiger partial charge in [-0.2, -0.15) is 5.10 Å². The highest BCUT2D eigenvalue weighted by atomic mass is 19.1. The van der Waals surface area contributed by atoms with Crippen LogP contribution in [0, 0.1) is 12.7 Å². The molecule has 1 aromatic carbocycles. The van der Waals surface area contributed by atoms with Gasteiger partial charge in [-0.05, 0) is 56.7 Å². The fourth-order valence-electron chi connectivity index (χ4n) is 7.79. The number of hydrogen-bond donors (Lipinski definition) is 1. The third-order valence-electron chi connectivity index (χ3n) is 10.2. The van der Waals surface area contributed by atoms with Gasteiger partial charge in [-0.1, -0.05) is 12.1 Å². The van der Waals surface area contributed by atoms with Crippen molar-refractivity contribution in [1.82, 2.24) is 44.2 Å². The lowest BCUT2D eigenvalue weighted by Crippen LogP contribution is -2.47. The minimum absolute atomic E-state index is 0.0812. The summed E-state index contributed by atoms with van der Waals surface area (Å²) >= 11 is 0. The second-order valence-electron chi connectivity index (χ2n) is 13.9. The first kappa shape index (κ1) is 34.7. The van der Waals surface area contributed by atoms with Gasteiger partial charge in [-0.3, -0.25) is 9.78 Å². The number of ether oxygens (including phenoxy) is 3. The van der Waals surface area contributed by atoms with Crippen LogP contribution in [0.4, 0.5) is 16.0 Å². The van der Waals surface area contributed by atoms with E-state index >= 15 is 0 Å². The molecular formula is C39H40FN11O4. The number of aryl methyl sites for hydroxylation is 1. The summed E-state index contributed by atoms with van der Waals surface area (Å²) in [5.41, 5.74) is 4.11. The van der Waals surface area contributed by atoms with Crippen LogP contribution in [-0.2, 0) is 27.4 Å². The van der Waals surface area contributed by atoms with E-state index in [0.717, 1.165) is 22.6 Å². The maximum atomic E-state index is 14.7. The molecule has 15 nitrogen and oxygen atoms in total. The summed E-state index contributed by atoms with van der Waals surface area (Å²) in [7, 11) is 1.82. The molecule has 3 aliphatic rings. The maximum absolute atomic E-state index is 14.7. The van der Waals surface area contributed by atoms with Gasteiger partial charge in [0.25, 0.3) is 0 Å². The van der Waals surface area contributed by atoms with Crippen molar-refractivity contribution in [2.75, 3.05) is 50.2 Å². The highest BCUT2D eigenvalue weighted by molar-refractivity contribution is 5.93. The van der Waals surface area contributed by atoms with Crippen LogP contribution >= 0.6 is 0 Å².